The highest BCUT2D eigenvalue weighted by atomic mass is 35.5. The maximum atomic E-state index is 11.7. The van der Waals surface area contributed by atoms with Gasteiger partial charge >= 0.3 is 0 Å². The molecule has 106 valence electrons. The lowest BCUT2D eigenvalue weighted by Crippen LogP contribution is -2.27. The van der Waals surface area contributed by atoms with Gasteiger partial charge < -0.3 is 15.2 Å². The minimum atomic E-state index is -0.128. The van der Waals surface area contributed by atoms with Crippen LogP contribution in [0.15, 0.2) is 18.2 Å². The predicted molar refractivity (Wildman–Crippen MR) is 75.7 cm³/mol. The quantitative estimate of drug-likeness (QED) is 0.723. The number of nitrogens with one attached hydrogen (secondary N) is 1. The van der Waals surface area contributed by atoms with E-state index < -0.39 is 0 Å². The van der Waals surface area contributed by atoms with Crippen LogP contribution in [0.4, 0.5) is 0 Å². The van der Waals surface area contributed by atoms with Crippen molar-refractivity contribution in [2.45, 2.75) is 12.8 Å². The second-order valence-corrected chi connectivity index (χ2v) is 4.73. The molecule has 1 aromatic rings. The first-order valence-corrected chi connectivity index (χ1v) is 6.79. The predicted octanol–water partition coefficient (Wildman–Crippen LogP) is 2.05. The van der Waals surface area contributed by atoms with E-state index >= 15 is 0 Å². The van der Waals surface area contributed by atoms with Crippen LogP contribution in [-0.2, 0) is 16.0 Å². The number of hydrogen-bond acceptors (Lipinski definition) is 3. The second kappa shape index (κ2) is 9.15. The highest BCUT2D eigenvalue weighted by Crippen LogP contribution is 2.24. The number of aliphatic hydroxyl groups is 1. The Bertz CT molecular complexity index is 393. The van der Waals surface area contributed by atoms with Crippen LogP contribution in [0.1, 0.15) is 12.0 Å². The van der Waals surface area contributed by atoms with Crippen molar-refractivity contribution in [1.29, 1.82) is 0 Å². The summed E-state index contributed by atoms with van der Waals surface area (Å²) in [7, 11) is 0. The van der Waals surface area contributed by atoms with E-state index in [0.29, 0.717) is 41.8 Å². The minimum absolute atomic E-state index is 0.0113. The van der Waals surface area contributed by atoms with E-state index in [-0.39, 0.29) is 18.9 Å². The molecule has 1 aromatic carbocycles. The molecule has 0 radical (unpaired) electrons. The van der Waals surface area contributed by atoms with Crippen molar-refractivity contribution < 1.29 is 14.6 Å². The molecule has 0 saturated heterocycles. The summed E-state index contributed by atoms with van der Waals surface area (Å²) in [5.41, 5.74) is 0.639. The van der Waals surface area contributed by atoms with Crippen molar-refractivity contribution in [2.75, 3.05) is 26.4 Å². The summed E-state index contributed by atoms with van der Waals surface area (Å²) in [5.74, 6) is -0.128. The van der Waals surface area contributed by atoms with Crippen LogP contribution in [0.2, 0.25) is 10.0 Å². The Morgan fingerprint density at radius 3 is 2.58 bits per heavy atom. The van der Waals surface area contributed by atoms with E-state index in [1.54, 1.807) is 18.2 Å². The van der Waals surface area contributed by atoms with E-state index in [4.69, 9.17) is 33.0 Å². The van der Waals surface area contributed by atoms with E-state index in [0.717, 1.165) is 0 Å². The summed E-state index contributed by atoms with van der Waals surface area (Å²) in [6.45, 7) is 1.36. The monoisotopic (exact) mass is 305 g/mol. The Labute approximate surface area is 122 Å². The Hall–Kier alpha value is -0.810. The van der Waals surface area contributed by atoms with Crippen LogP contribution >= 0.6 is 23.2 Å². The van der Waals surface area contributed by atoms with E-state index in [2.05, 4.69) is 5.32 Å². The van der Waals surface area contributed by atoms with Crippen molar-refractivity contribution >= 4 is 29.1 Å². The van der Waals surface area contributed by atoms with E-state index in [1.807, 2.05) is 0 Å². The van der Waals surface area contributed by atoms with Crippen molar-refractivity contribution in [1.82, 2.24) is 5.32 Å². The molecular weight excluding hydrogens is 289 g/mol. The number of aliphatic hydroxyl groups excluding tert-OH is 1. The van der Waals surface area contributed by atoms with Crippen LogP contribution in [0, 0.1) is 0 Å². The molecule has 1 rings (SSSR count). The van der Waals surface area contributed by atoms with Gasteiger partial charge in [0.1, 0.15) is 0 Å². The molecule has 0 aromatic heterocycles. The van der Waals surface area contributed by atoms with Crippen LogP contribution in [0.25, 0.3) is 0 Å². The third-order valence-corrected chi connectivity index (χ3v) is 3.13. The molecule has 0 spiro atoms. The lowest BCUT2D eigenvalue weighted by molar-refractivity contribution is -0.120. The highest BCUT2D eigenvalue weighted by molar-refractivity contribution is 6.36. The molecule has 0 heterocycles. The average Bonchev–Trinajstić information content (AvgIpc) is 2.38. The first-order valence-electron chi connectivity index (χ1n) is 6.03. The third-order valence-electron chi connectivity index (χ3n) is 2.42. The van der Waals surface area contributed by atoms with Crippen LogP contribution < -0.4 is 5.32 Å². The molecule has 0 unspecified atom stereocenters. The smallest absolute Gasteiger partial charge is 0.224 e. The highest BCUT2D eigenvalue weighted by Gasteiger charge is 2.10. The van der Waals surface area contributed by atoms with Gasteiger partial charge in [0.2, 0.25) is 5.91 Å². The van der Waals surface area contributed by atoms with Gasteiger partial charge in [-0.2, -0.15) is 0 Å². The number of ether oxygens (including phenoxy) is 1. The molecule has 1 amide bonds. The van der Waals surface area contributed by atoms with Gasteiger partial charge in [-0.25, -0.2) is 0 Å². The number of rotatable bonds is 8. The molecule has 0 bridgehead atoms. The average molecular weight is 306 g/mol. The number of hydrogen-bond donors (Lipinski definition) is 2. The summed E-state index contributed by atoms with van der Waals surface area (Å²) < 4.78 is 5.08. The van der Waals surface area contributed by atoms with Gasteiger partial charge in [0, 0.05) is 23.2 Å². The van der Waals surface area contributed by atoms with Crippen LogP contribution in [-0.4, -0.2) is 37.4 Å². The number of halogens is 2. The first kappa shape index (κ1) is 16.2. The Kier molecular flexibility index (Phi) is 7.82. The normalized spacial score (nSPS) is 10.5. The molecule has 0 fully saturated rings. The molecule has 0 aliphatic rings. The Balaban J connectivity index is 2.28. The van der Waals surface area contributed by atoms with Crippen LogP contribution in [0.5, 0.6) is 0 Å². The number of amides is 1. The van der Waals surface area contributed by atoms with Gasteiger partial charge in [0.25, 0.3) is 0 Å². The fourth-order valence-corrected chi connectivity index (χ4v) is 2.02. The molecule has 0 aliphatic heterocycles. The summed E-state index contributed by atoms with van der Waals surface area (Å²) in [6.07, 6.45) is 0.859. The van der Waals surface area contributed by atoms with Crippen molar-refractivity contribution in [3.63, 3.8) is 0 Å². The zero-order valence-electron chi connectivity index (χ0n) is 10.5. The van der Waals surface area contributed by atoms with E-state index in [1.165, 1.54) is 0 Å². The summed E-state index contributed by atoms with van der Waals surface area (Å²) in [6, 6.07) is 5.15. The molecule has 0 aliphatic carbocycles. The Morgan fingerprint density at radius 1 is 1.26 bits per heavy atom. The lowest BCUT2D eigenvalue weighted by atomic mass is 10.1. The Morgan fingerprint density at radius 2 is 1.95 bits per heavy atom. The fraction of sp³-hybridized carbons (Fsp3) is 0.462. The number of carbonyl (C=O) groups is 1. The minimum Gasteiger partial charge on any atom is -0.394 e. The lowest BCUT2D eigenvalue weighted by Gasteiger charge is -2.08. The molecule has 0 saturated carbocycles. The standard InChI is InChI=1S/C13H17Cl2NO3/c14-11-3-1-4-12(15)10(11)9-13(18)16-5-2-7-19-8-6-17/h1,3-4,17H,2,5-9H2,(H,16,18). The zero-order valence-corrected chi connectivity index (χ0v) is 12.0. The second-order valence-electron chi connectivity index (χ2n) is 3.92. The summed E-state index contributed by atoms with van der Waals surface area (Å²) >= 11 is 12.0. The van der Waals surface area contributed by atoms with Gasteiger partial charge in [-0.3, -0.25) is 4.79 Å². The summed E-state index contributed by atoms with van der Waals surface area (Å²) in [5, 5.41) is 12.3. The van der Waals surface area contributed by atoms with Crippen molar-refractivity contribution in [3.05, 3.63) is 33.8 Å². The third kappa shape index (κ3) is 6.25. The van der Waals surface area contributed by atoms with Gasteiger partial charge in [-0.1, -0.05) is 29.3 Å². The fourth-order valence-electron chi connectivity index (χ4n) is 1.49. The maximum absolute atomic E-state index is 11.7. The first-order chi connectivity index (χ1) is 9.15. The largest absolute Gasteiger partial charge is 0.394 e. The van der Waals surface area contributed by atoms with Crippen LogP contribution in [0.3, 0.4) is 0 Å². The number of benzene rings is 1. The molecule has 19 heavy (non-hydrogen) atoms. The summed E-state index contributed by atoms with van der Waals surface area (Å²) in [4.78, 5) is 11.7. The van der Waals surface area contributed by atoms with Crippen molar-refractivity contribution in [2.24, 2.45) is 0 Å². The molecule has 0 atom stereocenters. The van der Waals surface area contributed by atoms with Crippen molar-refractivity contribution in [3.8, 4) is 0 Å². The van der Waals surface area contributed by atoms with Gasteiger partial charge in [0.15, 0.2) is 0 Å². The topological polar surface area (TPSA) is 58.6 Å². The van der Waals surface area contributed by atoms with Gasteiger partial charge in [-0.15, -0.1) is 0 Å². The SMILES string of the molecule is O=C(Cc1c(Cl)cccc1Cl)NCCCOCCO. The molecule has 2 N–H and O–H groups in total. The molecule has 4 nitrogen and oxygen atoms in total. The number of carbonyl (C=O) groups excluding carboxylic acids is 1. The van der Waals surface area contributed by atoms with Gasteiger partial charge in [0.05, 0.1) is 19.6 Å². The molecule has 6 heteroatoms. The zero-order chi connectivity index (χ0) is 14.1. The molecular formula is C13H17Cl2NO3. The maximum Gasteiger partial charge on any atom is 0.224 e. The van der Waals surface area contributed by atoms with Gasteiger partial charge in [-0.05, 0) is 24.1 Å². The van der Waals surface area contributed by atoms with E-state index in [9.17, 15) is 4.79 Å².